The van der Waals surface area contributed by atoms with Crippen molar-refractivity contribution in [2.75, 3.05) is 32.7 Å². The fraction of sp³-hybridized carbons (Fsp3) is 0.286. The molecule has 0 radical (unpaired) electrons. The predicted molar refractivity (Wildman–Crippen MR) is 99.9 cm³/mol. The van der Waals surface area contributed by atoms with Gasteiger partial charge in [-0.1, -0.05) is 48.5 Å². The van der Waals surface area contributed by atoms with E-state index in [-0.39, 0.29) is 6.04 Å². The summed E-state index contributed by atoms with van der Waals surface area (Å²) in [7, 11) is 0. The van der Waals surface area contributed by atoms with Crippen LogP contribution in [0.15, 0.2) is 67.3 Å². The number of hydrogen-bond acceptors (Lipinski definition) is 3. The Morgan fingerprint density at radius 3 is 2.16 bits per heavy atom. The van der Waals surface area contributed by atoms with Gasteiger partial charge in [0.05, 0.1) is 11.6 Å². The summed E-state index contributed by atoms with van der Waals surface area (Å²) in [6.07, 6.45) is 1.95. The molecule has 0 saturated carbocycles. The van der Waals surface area contributed by atoms with Crippen LogP contribution in [-0.4, -0.2) is 53.6 Å². The first-order valence-electron chi connectivity index (χ1n) is 8.64. The van der Waals surface area contributed by atoms with E-state index in [0.29, 0.717) is 5.56 Å². The maximum absolute atomic E-state index is 11.1. The summed E-state index contributed by atoms with van der Waals surface area (Å²) >= 11 is 0. The average Bonchev–Trinajstić information content (AvgIpc) is 2.65. The van der Waals surface area contributed by atoms with Gasteiger partial charge >= 0.3 is 5.97 Å². The number of rotatable bonds is 6. The van der Waals surface area contributed by atoms with Crippen molar-refractivity contribution < 1.29 is 9.90 Å². The van der Waals surface area contributed by atoms with Crippen LogP contribution in [0.4, 0.5) is 0 Å². The van der Waals surface area contributed by atoms with E-state index in [2.05, 4.69) is 40.6 Å². The van der Waals surface area contributed by atoms with Crippen LogP contribution in [0.1, 0.15) is 27.5 Å². The van der Waals surface area contributed by atoms with Crippen molar-refractivity contribution >= 4 is 5.97 Å². The molecule has 1 saturated heterocycles. The molecule has 3 rings (SSSR count). The van der Waals surface area contributed by atoms with E-state index >= 15 is 0 Å². The standard InChI is InChI=1S/C21H24N2O2/c1-2-12-22-13-15-23(16-14-22)20(17-6-4-3-5-7-17)18-8-10-19(11-9-18)21(24)25/h2-11,20H,1,12-16H2,(H,24,25). The number of carboxylic acids is 1. The molecule has 1 heterocycles. The lowest BCUT2D eigenvalue weighted by molar-refractivity contribution is 0.0697. The van der Waals surface area contributed by atoms with Gasteiger partial charge < -0.3 is 5.11 Å². The summed E-state index contributed by atoms with van der Waals surface area (Å²) < 4.78 is 0. The average molecular weight is 336 g/mol. The molecule has 2 aromatic carbocycles. The van der Waals surface area contributed by atoms with Gasteiger partial charge in [-0.15, -0.1) is 6.58 Å². The van der Waals surface area contributed by atoms with Crippen molar-refractivity contribution in [1.29, 1.82) is 0 Å². The van der Waals surface area contributed by atoms with E-state index in [1.54, 1.807) is 12.1 Å². The van der Waals surface area contributed by atoms with Gasteiger partial charge in [0.15, 0.2) is 0 Å². The molecule has 0 aliphatic carbocycles. The van der Waals surface area contributed by atoms with Crippen molar-refractivity contribution in [3.05, 3.63) is 83.9 Å². The van der Waals surface area contributed by atoms with Gasteiger partial charge in [0, 0.05) is 32.7 Å². The van der Waals surface area contributed by atoms with Gasteiger partial charge in [0.25, 0.3) is 0 Å². The number of hydrogen-bond donors (Lipinski definition) is 1. The molecule has 25 heavy (non-hydrogen) atoms. The highest BCUT2D eigenvalue weighted by molar-refractivity contribution is 5.87. The van der Waals surface area contributed by atoms with E-state index in [9.17, 15) is 4.79 Å². The highest BCUT2D eigenvalue weighted by Crippen LogP contribution is 2.29. The van der Waals surface area contributed by atoms with Crippen LogP contribution in [0.5, 0.6) is 0 Å². The molecule has 1 N–H and O–H groups in total. The molecule has 1 aliphatic rings. The molecule has 0 bridgehead atoms. The van der Waals surface area contributed by atoms with E-state index in [1.165, 1.54) is 5.56 Å². The number of benzene rings is 2. The van der Waals surface area contributed by atoms with Gasteiger partial charge in [0.2, 0.25) is 0 Å². The Hall–Kier alpha value is -2.43. The smallest absolute Gasteiger partial charge is 0.335 e. The molecular weight excluding hydrogens is 312 g/mol. The lowest BCUT2D eigenvalue weighted by atomic mass is 9.95. The summed E-state index contributed by atoms with van der Waals surface area (Å²) in [4.78, 5) is 16.0. The Bertz CT molecular complexity index is 704. The zero-order valence-corrected chi connectivity index (χ0v) is 14.3. The topological polar surface area (TPSA) is 43.8 Å². The third-order valence-corrected chi connectivity index (χ3v) is 4.75. The molecule has 1 aliphatic heterocycles. The van der Waals surface area contributed by atoms with Crippen LogP contribution in [-0.2, 0) is 0 Å². The van der Waals surface area contributed by atoms with Gasteiger partial charge in [-0.2, -0.15) is 0 Å². The minimum absolute atomic E-state index is 0.148. The highest BCUT2D eigenvalue weighted by Gasteiger charge is 2.26. The normalized spacial score (nSPS) is 17.1. The third-order valence-electron chi connectivity index (χ3n) is 4.75. The molecule has 0 aromatic heterocycles. The molecule has 130 valence electrons. The summed E-state index contributed by atoms with van der Waals surface area (Å²) in [6, 6.07) is 17.9. The van der Waals surface area contributed by atoms with Gasteiger partial charge in [-0.3, -0.25) is 9.80 Å². The first-order chi connectivity index (χ1) is 12.2. The molecule has 0 amide bonds. The molecule has 1 fully saturated rings. The fourth-order valence-electron chi connectivity index (χ4n) is 3.44. The van der Waals surface area contributed by atoms with Crippen LogP contribution in [0.3, 0.4) is 0 Å². The molecule has 1 atom stereocenters. The zero-order valence-electron chi connectivity index (χ0n) is 14.3. The Kier molecular flexibility index (Phi) is 5.64. The van der Waals surface area contributed by atoms with Crippen molar-refractivity contribution in [3.8, 4) is 0 Å². The highest BCUT2D eigenvalue weighted by atomic mass is 16.4. The molecule has 1 unspecified atom stereocenters. The minimum atomic E-state index is -0.888. The van der Waals surface area contributed by atoms with Crippen LogP contribution in [0, 0.1) is 0 Å². The van der Waals surface area contributed by atoms with Crippen LogP contribution in [0.25, 0.3) is 0 Å². The fourth-order valence-corrected chi connectivity index (χ4v) is 3.44. The molecular formula is C21H24N2O2. The second-order valence-electron chi connectivity index (χ2n) is 6.37. The Balaban J connectivity index is 1.86. The lowest BCUT2D eigenvalue weighted by Gasteiger charge is -2.39. The van der Waals surface area contributed by atoms with Crippen LogP contribution in [0.2, 0.25) is 0 Å². The summed E-state index contributed by atoms with van der Waals surface area (Å²) in [6.45, 7) is 8.74. The Morgan fingerprint density at radius 1 is 1.00 bits per heavy atom. The lowest BCUT2D eigenvalue weighted by Crippen LogP contribution is -2.47. The molecule has 0 spiro atoms. The molecule has 4 nitrogen and oxygen atoms in total. The van der Waals surface area contributed by atoms with E-state index in [0.717, 1.165) is 38.3 Å². The van der Waals surface area contributed by atoms with Gasteiger partial charge in [-0.25, -0.2) is 4.79 Å². The summed E-state index contributed by atoms with van der Waals surface area (Å²) in [5.74, 6) is -0.888. The SMILES string of the molecule is C=CCN1CCN(C(c2ccccc2)c2ccc(C(=O)O)cc2)CC1. The number of carbonyl (C=O) groups is 1. The molecule has 4 heteroatoms. The number of aromatic carboxylic acids is 1. The van der Waals surface area contributed by atoms with E-state index in [1.807, 2.05) is 24.3 Å². The quantitative estimate of drug-likeness (QED) is 0.822. The second kappa shape index (κ2) is 8.10. The van der Waals surface area contributed by atoms with Crippen LogP contribution < -0.4 is 0 Å². The number of piperazine rings is 1. The predicted octanol–water partition coefficient (Wildman–Crippen LogP) is 3.28. The largest absolute Gasteiger partial charge is 0.478 e. The summed E-state index contributed by atoms with van der Waals surface area (Å²) in [5, 5.41) is 9.14. The maximum Gasteiger partial charge on any atom is 0.335 e. The van der Waals surface area contributed by atoms with E-state index < -0.39 is 5.97 Å². The van der Waals surface area contributed by atoms with Crippen molar-refractivity contribution in [2.24, 2.45) is 0 Å². The first-order valence-corrected chi connectivity index (χ1v) is 8.64. The third kappa shape index (κ3) is 4.16. The summed E-state index contributed by atoms with van der Waals surface area (Å²) in [5.41, 5.74) is 2.70. The van der Waals surface area contributed by atoms with Crippen molar-refractivity contribution in [2.45, 2.75) is 6.04 Å². The maximum atomic E-state index is 11.1. The van der Waals surface area contributed by atoms with Crippen LogP contribution >= 0.6 is 0 Å². The molecule has 2 aromatic rings. The Morgan fingerprint density at radius 2 is 1.60 bits per heavy atom. The van der Waals surface area contributed by atoms with Gasteiger partial charge in [-0.05, 0) is 23.3 Å². The number of nitrogens with zero attached hydrogens (tertiary/aromatic N) is 2. The zero-order chi connectivity index (χ0) is 17.6. The first kappa shape index (κ1) is 17.4. The van der Waals surface area contributed by atoms with Crippen molar-refractivity contribution in [1.82, 2.24) is 9.80 Å². The Labute approximate surface area is 149 Å². The van der Waals surface area contributed by atoms with Crippen molar-refractivity contribution in [3.63, 3.8) is 0 Å². The second-order valence-corrected chi connectivity index (χ2v) is 6.37. The van der Waals surface area contributed by atoms with E-state index in [4.69, 9.17) is 5.11 Å². The number of carboxylic acid groups (broad SMARTS) is 1. The van der Waals surface area contributed by atoms with Gasteiger partial charge in [0.1, 0.15) is 0 Å². The minimum Gasteiger partial charge on any atom is -0.478 e. The monoisotopic (exact) mass is 336 g/mol.